The second-order valence-corrected chi connectivity index (χ2v) is 6.08. The van der Waals surface area contributed by atoms with Crippen LogP contribution in [0.1, 0.15) is 11.1 Å². The van der Waals surface area contributed by atoms with Gasteiger partial charge in [-0.05, 0) is 49.9 Å². The summed E-state index contributed by atoms with van der Waals surface area (Å²) in [4.78, 5) is 13.9. The van der Waals surface area contributed by atoms with E-state index in [0.29, 0.717) is 28.6 Å². The first kappa shape index (κ1) is 18.2. The predicted octanol–water partition coefficient (Wildman–Crippen LogP) is 3.87. The topological polar surface area (TPSA) is 41.6 Å². The Morgan fingerprint density at radius 2 is 2.04 bits per heavy atom. The van der Waals surface area contributed by atoms with Crippen molar-refractivity contribution in [2.75, 3.05) is 26.0 Å². The summed E-state index contributed by atoms with van der Waals surface area (Å²) in [5.41, 5.74) is 1.87. The molecule has 128 valence electrons. The quantitative estimate of drug-likeness (QED) is 0.860. The van der Waals surface area contributed by atoms with Gasteiger partial charge in [0, 0.05) is 22.8 Å². The summed E-state index contributed by atoms with van der Waals surface area (Å²) in [6.45, 7) is 2.33. The molecule has 0 aliphatic heterocycles. The predicted molar refractivity (Wildman–Crippen MR) is 94.1 cm³/mol. The van der Waals surface area contributed by atoms with E-state index in [9.17, 15) is 9.18 Å². The zero-order chi connectivity index (χ0) is 17.7. The number of rotatable bonds is 6. The van der Waals surface area contributed by atoms with Crippen LogP contribution >= 0.6 is 11.6 Å². The van der Waals surface area contributed by atoms with Gasteiger partial charge in [0.15, 0.2) is 0 Å². The molecule has 0 saturated carbocycles. The van der Waals surface area contributed by atoms with Gasteiger partial charge in [0.1, 0.15) is 11.6 Å². The third-order valence-electron chi connectivity index (χ3n) is 3.55. The molecule has 1 N–H and O–H groups in total. The van der Waals surface area contributed by atoms with Crippen LogP contribution in [0.4, 0.5) is 10.1 Å². The largest absolute Gasteiger partial charge is 0.496 e. The monoisotopic (exact) mass is 350 g/mol. The molecule has 2 aromatic rings. The average molecular weight is 351 g/mol. The van der Waals surface area contributed by atoms with Crippen molar-refractivity contribution in [1.29, 1.82) is 0 Å². The van der Waals surface area contributed by atoms with Gasteiger partial charge in [-0.2, -0.15) is 0 Å². The van der Waals surface area contributed by atoms with E-state index in [-0.39, 0.29) is 18.3 Å². The number of hydrogen-bond acceptors (Lipinski definition) is 3. The third kappa shape index (κ3) is 4.94. The van der Waals surface area contributed by atoms with Gasteiger partial charge < -0.3 is 10.1 Å². The molecule has 0 fully saturated rings. The summed E-state index contributed by atoms with van der Waals surface area (Å²) < 4.78 is 18.8. The van der Waals surface area contributed by atoms with Crippen molar-refractivity contribution in [1.82, 2.24) is 4.90 Å². The van der Waals surface area contributed by atoms with E-state index in [1.54, 1.807) is 38.3 Å². The van der Waals surface area contributed by atoms with Crippen molar-refractivity contribution < 1.29 is 13.9 Å². The first-order chi connectivity index (χ1) is 11.4. The van der Waals surface area contributed by atoms with Crippen molar-refractivity contribution in [3.05, 3.63) is 58.4 Å². The molecule has 24 heavy (non-hydrogen) atoms. The van der Waals surface area contributed by atoms with E-state index in [1.807, 2.05) is 18.0 Å². The Hall–Kier alpha value is -2.11. The maximum Gasteiger partial charge on any atom is 0.238 e. The van der Waals surface area contributed by atoms with Crippen LogP contribution in [0, 0.1) is 12.7 Å². The summed E-state index contributed by atoms with van der Waals surface area (Å²) in [7, 11) is 3.40. The molecular weight excluding hydrogens is 331 g/mol. The highest BCUT2D eigenvalue weighted by Crippen LogP contribution is 2.23. The molecule has 0 unspecified atom stereocenters. The molecule has 4 nitrogen and oxygen atoms in total. The van der Waals surface area contributed by atoms with Gasteiger partial charge in [0.05, 0.1) is 13.7 Å². The highest BCUT2D eigenvalue weighted by molar-refractivity contribution is 6.30. The van der Waals surface area contributed by atoms with Crippen molar-refractivity contribution in [3.63, 3.8) is 0 Å². The van der Waals surface area contributed by atoms with Crippen LogP contribution in [0.5, 0.6) is 5.75 Å². The van der Waals surface area contributed by atoms with Crippen LogP contribution in [0.2, 0.25) is 5.02 Å². The summed E-state index contributed by atoms with van der Waals surface area (Å²) in [6.07, 6.45) is 0. The number of hydrogen-bond donors (Lipinski definition) is 1. The summed E-state index contributed by atoms with van der Waals surface area (Å²) >= 11 is 6.01. The van der Waals surface area contributed by atoms with Crippen molar-refractivity contribution in [3.8, 4) is 5.75 Å². The second-order valence-electron chi connectivity index (χ2n) is 5.64. The lowest BCUT2D eigenvalue weighted by atomic mass is 10.2. The fourth-order valence-electron chi connectivity index (χ4n) is 2.33. The van der Waals surface area contributed by atoms with Gasteiger partial charge in [-0.15, -0.1) is 0 Å². The van der Waals surface area contributed by atoms with Crippen LogP contribution in [0.3, 0.4) is 0 Å². The minimum atomic E-state index is -0.343. The molecule has 0 heterocycles. The lowest BCUT2D eigenvalue weighted by Crippen LogP contribution is -2.30. The van der Waals surface area contributed by atoms with Gasteiger partial charge >= 0.3 is 0 Å². The van der Waals surface area contributed by atoms with E-state index in [4.69, 9.17) is 16.3 Å². The fourth-order valence-corrected chi connectivity index (χ4v) is 2.53. The third-order valence-corrected chi connectivity index (χ3v) is 3.79. The molecule has 0 aliphatic rings. The molecule has 0 radical (unpaired) electrons. The van der Waals surface area contributed by atoms with Crippen molar-refractivity contribution >= 4 is 23.2 Å². The summed E-state index contributed by atoms with van der Waals surface area (Å²) in [5, 5.41) is 3.30. The highest BCUT2D eigenvalue weighted by atomic mass is 35.5. The number of ether oxygens (including phenoxy) is 1. The van der Waals surface area contributed by atoms with E-state index < -0.39 is 0 Å². The van der Waals surface area contributed by atoms with E-state index in [1.165, 1.54) is 6.07 Å². The number of carbonyl (C=O) groups is 1. The average Bonchev–Trinajstić information content (AvgIpc) is 2.51. The van der Waals surface area contributed by atoms with E-state index in [2.05, 4.69) is 5.32 Å². The van der Waals surface area contributed by atoms with Crippen molar-refractivity contribution in [2.45, 2.75) is 13.5 Å². The van der Waals surface area contributed by atoms with Crippen molar-refractivity contribution in [2.24, 2.45) is 0 Å². The van der Waals surface area contributed by atoms with Gasteiger partial charge in [0.25, 0.3) is 0 Å². The number of likely N-dealkylation sites (N-methyl/N-ethyl adjacent to an activating group) is 1. The van der Waals surface area contributed by atoms with Gasteiger partial charge in [-0.25, -0.2) is 4.39 Å². The smallest absolute Gasteiger partial charge is 0.238 e. The molecular formula is C18H20ClFN2O2. The first-order valence-electron chi connectivity index (χ1n) is 7.46. The summed E-state index contributed by atoms with van der Waals surface area (Å²) in [6, 6.07) is 9.97. The zero-order valence-corrected chi connectivity index (χ0v) is 14.7. The van der Waals surface area contributed by atoms with Gasteiger partial charge in [-0.1, -0.05) is 17.7 Å². The molecule has 1 amide bonds. The lowest BCUT2D eigenvalue weighted by molar-refractivity contribution is -0.117. The zero-order valence-electron chi connectivity index (χ0n) is 13.9. The SMILES string of the molecule is COc1ccc(Cl)cc1CN(C)CC(=O)Nc1ccc(C)c(F)c1. The molecule has 0 spiro atoms. The number of anilines is 1. The maximum atomic E-state index is 13.5. The number of carbonyl (C=O) groups excluding carboxylic acids is 1. The summed E-state index contributed by atoms with van der Waals surface area (Å²) in [5.74, 6) is 0.152. The Kier molecular flexibility index (Phi) is 6.17. The molecule has 0 bridgehead atoms. The Morgan fingerprint density at radius 3 is 2.71 bits per heavy atom. The minimum absolute atomic E-state index is 0.158. The number of aryl methyl sites for hydroxylation is 1. The normalized spacial score (nSPS) is 10.8. The van der Waals surface area contributed by atoms with E-state index >= 15 is 0 Å². The molecule has 0 saturated heterocycles. The molecule has 2 rings (SSSR count). The maximum absolute atomic E-state index is 13.5. The Morgan fingerprint density at radius 1 is 1.29 bits per heavy atom. The van der Waals surface area contributed by atoms with Gasteiger partial charge in [0.2, 0.25) is 5.91 Å². The number of methoxy groups -OCH3 is 1. The minimum Gasteiger partial charge on any atom is -0.496 e. The van der Waals surface area contributed by atoms with Crippen LogP contribution < -0.4 is 10.1 Å². The number of nitrogens with zero attached hydrogens (tertiary/aromatic N) is 1. The van der Waals surface area contributed by atoms with Gasteiger partial charge in [-0.3, -0.25) is 9.69 Å². The number of nitrogens with one attached hydrogen (secondary N) is 1. The lowest BCUT2D eigenvalue weighted by Gasteiger charge is -2.18. The standard InChI is InChI=1S/C18H20ClFN2O2/c1-12-4-6-15(9-16(12)20)21-18(23)11-22(2)10-13-8-14(19)5-7-17(13)24-3/h4-9H,10-11H2,1-3H3,(H,21,23). The van der Waals surface area contributed by atoms with Crippen LogP contribution in [0.25, 0.3) is 0 Å². The molecule has 0 aromatic heterocycles. The first-order valence-corrected chi connectivity index (χ1v) is 7.84. The molecule has 0 atom stereocenters. The molecule has 2 aromatic carbocycles. The van der Waals surface area contributed by atoms with Crippen LogP contribution in [-0.2, 0) is 11.3 Å². The Balaban J connectivity index is 1.96. The Labute approximate surface area is 146 Å². The Bertz CT molecular complexity index is 737. The molecule has 6 heteroatoms. The number of benzene rings is 2. The van der Waals surface area contributed by atoms with Crippen LogP contribution in [-0.4, -0.2) is 31.5 Å². The second kappa shape index (κ2) is 8.13. The van der Waals surface area contributed by atoms with E-state index in [0.717, 1.165) is 5.56 Å². The number of amides is 1. The fraction of sp³-hybridized carbons (Fsp3) is 0.278. The molecule has 0 aliphatic carbocycles. The highest BCUT2D eigenvalue weighted by Gasteiger charge is 2.11. The van der Waals surface area contributed by atoms with Crippen LogP contribution in [0.15, 0.2) is 36.4 Å². The number of halogens is 2.